The molecule has 0 aliphatic rings. The predicted molar refractivity (Wildman–Crippen MR) is 58.0 cm³/mol. The number of hydrogen-bond donors (Lipinski definition) is 0. The van der Waals surface area contributed by atoms with Crippen molar-refractivity contribution in [2.24, 2.45) is 0 Å². The van der Waals surface area contributed by atoms with Gasteiger partial charge in [0.2, 0.25) is 0 Å². The number of benzene rings is 2. The van der Waals surface area contributed by atoms with Crippen molar-refractivity contribution in [2.75, 3.05) is 0 Å². The lowest BCUT2D eigenvalue weighted by atomic mass is 10.1. The third-order valence-electron chi connectivity index (χ3n) is 2.26. The van der Waals surface area contributed by atoms with E-state index in [0.29, 0.717) is 5.56 Å². The molecule has 0 saturated carbocycles. The second-order valence-corrected chi connectivity index (χ2v) is 3.31. The predicted octanol–water partition coefficient (Wildman–Crippen LogP) is 2.34. The molecule has 2 rings (SSSR count). The van der Waals surface area contributed by atoms with E-state index in [4.69, 9.17) is 0 Å². The maximum atomic E-state index is 11.4. The first kappa shape index (κ1) is 10.2. The van der Waals surface area contributed by atoms with Gasteiger partial charge in [0.25, 0.3) is 5.69 Å². The Hall–Kier alpha value is -2.36. The van der Waals surface area contributed by atoms with Crippen LogP contribution in [0.3, 0.4) is 0 Å². The molecular formula is C12H8NO3-. The number of nitro benzene ring substituents is 1. The number of nitrogens with zero attached hydrogens (tertiary/aromatic N) is 1. The molecule has 0 bridgehead atoms. The van der Waals surface area contributed by atoms with E-state index in [0.717, 1.165) is 5.56 Å². The average Bonchev–Trinajstić information content (AvgIpc) is 2.29. The second kappa shape index (κ2) is 4.02. The van der Waals surface area contributed by atoms with Crippen molar-refractivity contribution >= 4 is 5.69 Å². The van der Waals surface area contributed by atoms with Gasteiger partial charge in [-0.1, -0.05) is 36.4 Å². The van der Waals surface area contributed by atoms with Gasteiger partial charge in [0.05, 0.1) is 4.92 Å². The molecule has 0 N–H and O–H groups in total. The molecule has 0 aliphatic heterocycles. The van der Waals surface area contributed by atoms with Crippen LogP contribution in [0.25, 0.3) is 11.1 Å². The maximum absolute atomic E-state index is 11.4. The molecule has 0 heterocycles. The Morgan fingerprint density at radius 2 is 1.62 bits per heavy atom. The fraction of sp³-hybridized carbons (Fsp3) is 0. The van der Waals surface area contributed by atoms with Crippen molar-refractivity contribution < 1.29 is 10.0 Å². The molecule has 4 nitrogen and oxygen atoms in total. The number of rotatable bonds is 2. The fourth-order valence-electron chi connectivity index (χ4n) is 1.48. The monoisotopic (exact) mass is 214 g/mol. The molecule has 0 saturated heterocycles. The molecule has 0 amide bonds. The highest BCUT2D eigenvalue weighted by Crippen LogP contribution is 2.28. The molecule has 80 valence electrons. The summed E-state index contributed by atoms with van der Waals surface area (Å²) in [5.74, 6) is -0.564. The normalized spacial score (nSPS) is 10.0. The van der Waals surface area contributed by atoms with Crippen molar-refractivity contribution in [1.82, 2.24) is 0 Å². The standard InChI is InChI=1S/C12H9NO3/c14-12-8-10(6-7-11(12)13(15)16)9-4-2-1-3-5-9/h1-8,14H/p-1. The zero-order valence-corrected chi connectivity index (χ0v) is 8.29. The van der Waals surface area contributed by atoms with Crippen LogP contribution in [0.1, 0.15) is 0 Å². The molecule has 0 aromatic heterocycles. The molecule has 0 radical (unpaired) electrons. The van der Waals surface area contributed by atoms with Gasteiger partial charge in [0.15, 0.2) is 0 Å². The first-order chi connectivity index (χ1) is 7.68. The first-order valence-corrected chi connectivity index (χ1v) is 4.69. The average molecular weight is 214 g/mol. The van der Waals surface area contributed by atoms with Gasteiger partial charge in [-0.3, -0.25) is 10.1 Å². The Labute approximate surface area is 91.9 Å². The minimum absolute atomic E-state index is 0.389. The lowest BCUT2D eigenvalue weighted by Gasteiger charge is -2.09. The lowest BCUT2D eigenvalue weighted by Crippen LogP contribution is -1.97. The van der Waals surface area contributed by atoms with Crippen LogP contribution >= 0.6 is 0 Å². The summed E-state index contributed by atoms with van der Waals surface area (Å²) in [6, 6.07) is 13.4. The Morgan fingerprint density at radius 1 is 0.938 bits per heavy atom. The van der Waals surface area contributed by atoms with Crippen LogP contribution in [0.5, 0.6) is 5.75 Å². The summed E-state index contributed by atoms with van der Waals surface area (Å²) in [7, 11) is 0. The van der Waals surface area contributed by atoms with E-state index in [9.17, 15) is 15.2 Å². The quantitative estimate of drug-likeness (QED) is 0.569. The molecule has 0 fully saturated rings. The number of hydrogen-bond acceptors (Lipinski definition) is 3. The summed E-state index contributed by atoms with van der Waals surface area (Å²) >= 11 is 0. The van der Waals surface area contributed by atoms with Gasteiger partial charge >= 0.3 is 0 Å². The fourth-order valence-corrected chi connectivity index (χ4v) is 1.48. The zero-order valence-electron chi connectivity index (χ0n) is 8.29. The van der Waals surface area contributed by atoms with E-state index in [1.807, 2.05) is 30.3 Å². The minimum atomic E-state index is -0.670. The van der Waals surface area contributed by atoms with Crippen molar-refractivity contribution in [1.29, 1.82) is 0 Å². The summed E-state index contributed by atoms with van der Waals surface area (Å²) in [4.78, 5) is 9.81. The van der Waals surface area contributed by atoms with Crippen molar-refractivity contribution in [3.8, 4) is 16.9 Å². The maximum Gasteiger partial charge on any atom is 0.261 e. The van der Waals surface area contributed by atoms with Crippen LogP contribution in [0, 0.1) is 10.1 Å². The van der Waals surface area contributed by atoms with Crippen molar-refractivity contribution in [2.45, 2.75) is 0 Å². The van der Waals surface area contributed by atoms with Gasteiger partial charge in [0.1, 0.15) is 0 Å². The van der Waals surface area contributed by atoms with Crippen LogP contribution in [-0.4, -0.2) is 4.92 Å². The van der Waals surface area contributed by atoms with E-state index < -0.39 is 10.7 Å². The third kappa shape index (κ3) is 1.86. The third-order valence-corrected chi connectivity index (χ3v) is 2.26. The highest BCUT2D eigenvalue weighted by atomic mass is 16.6. The van der Waals surface area contributed by atoms with Gasteiger partial charge in [-0.2, -0.15) is 0 Å². The molecule has 0 aliphatic carbocycles. The van der Waals surface area contributed by atoms with Crippen molar-refractivity contribution in [3.05, 3.63) is 58.6 Å². The Morgan fingerprint density at radius 3 is 2.19 bits per heavy atom. The second-order valence-electron chi connectivity index (χ2n) is 3.31. The van der Waals surface area contributed by atoms with E-state index in [-0.39, 0.29) is 5.69 Å². The van der Waals surface area contributed by atoms with Gasteiger partial charge in [0, 0.05) is 6.07 Å². The van der Waals surface area contributed by atoms with Crippen LogP contribution in [-0.2, 0) is 0 Å². The van der Waals surface area contributed by atoms with Crippen molar-refractivity contribution in [3.63, 3.8) is 0 Å². The smallest absolute Gasteiger partial charge is 0.261 e. The van der Waals surface area contributed by atoms with E-state index in [2.05, 4.69) is 0 Å². The van der Waals surface area contributed by atoms with Gasteiger partial charge in [-0.15, -0.1) is 0 Å². The molecule has 0 unspecified atom stereocenters. The Bertz CT molecular complexity index is 523. The minimum Gasteiger partial charge on any atom is -0.868 e. The van der Waals surface area contributed by atoms with E-state index in [1.165, 1.54) is 12.1 Å². The molecule has 2 aromatic carbocycles. The summed E-state index contributed by atoms with van der Waals surface area (Å²) in [6.07, 6.45) is 0. The highest BCUT2D eigenvalue weighted by molar-refractivity contribution is 5.67. The first-order valence-electron chi connectivity index (χ1n) is 4.69. The largest absolute Gasteiger partial charge is 0.868 e. The van der Waals surface area contributed by atoms with Crippen LogP contribution in [0.4, 0.5) is 5.69 Å². The van der Waals surface area contributed by atoms with Gasteiger partial charge < -0.3 is 5.11 Å². The topological polar surface area (TPSA) is 66.2 Å². The zero-order chi connectivity index (χ0) is 11.5. The molecular weight excluding hydrogens is 206 g/mol. The van der Waals surface area contributed by atoms with Crippen LogP contribution in [0.2, 0.25) is 0 Å². The number of nitro groups is 1. The molecule has 2 aromatic rings. The molecule has 4 heteroatoms. The SMILES string of the molecule is O=[N+]([O-])c1ccc(-c2ccccc2)cc1[O-]. The van der Waals surface area contributed by atoms with Gasteiger partial charge in [-0.05, 0) is 22.9 Å². The van der Waals surface area contributed by atoms with E-state index >= 15 is 0 Å². The Balaban J connectivity index is 2.46. The molecule has 0 spiro atoms. The summed E-state index contributed by atoms with van der Waals surface area (Å²) in [5.41, 5.74) is 1.17. The Kier molecular flexibility index (Phi) is 2.55. The summed E-state index contributed by atoms with van der Waals surface area (Å²) in [5, 5.41) is 21.9. The van der Waals surface area contributed by atoms with Crippen LogP contribution < -0.4 is 5.11 Å². The highest BCUT2D eigenvalue weighted by Gasteiger charge is 2.07. The summed E-state index contributed by atoms with van der Waals surface area (Å²) in [6.45, 7) is 0. The summed E-state index contributed by atoms with van der Waals surface area (Å²) < 4.78 is 0. The molecule has 16 heavy (non-hydrogen) atoms. The van der Waals surface area contributed by atoms with Gasteiger partial charge in [-0.25, -0.2) is 0 Å². The van der Waals surface area contributed by atoms with Crippen LogP contribution in [0.15, 0.2) is 48.5 Å². The van der Waals surface area contributed by atoms with E-state index in [1.54, 1.807) is 6.07 Å². The lowest BCUT2D eigenvalue weighted by molar-refractivity contribution is -0.398. The molecule has 0 atom stereocenters.